The Hall–Kier alpha value is -4.05. The first-order valence-electron chi connectivity index (χ1n) is 13.5. The number of hydrogen-bond donors (Lipinski definition) is 6. The van der Waals surface area contributed by atoms with Crippen LogP contribution < -0.4 is 31.3 Å². The van der Waals surface area contributed by atoms with Gasteiger partial charge in [0.1, 0.15) is 0 Å². The van der Waals surface area contributed by atoms with Crippen molar-refractivity contribution >= 4 is 50.1 Å². The third-order valence-corrected chi connectivity index (χ3v) is 8.60. The van der Waals surface area contributed by atoms with Crippen molar-refractivity contribution in [1.82, 2.24) is 25.1 Å². The summed E-state index contributed by atoms with van der Waals surface area (Å²) in [6.07, 6.45) is 3.49. The Morgan fingerprint density at radius 1 is 0.927 bits per heavy atom. The van der Waals surface area contributed by atoms with Crippen molar-refractivity contribution in [1.29, 1.82) is 0 Å². The molecular weight excluding hydrogens is 546 g/mol. The van der Waals surface area contributed by atoms with Gasteiger partial charge in [0.15, 0.2) is 0 Å². The smallest absolute Gasteiger partial charge is 0.261 e. The van der Waals surface area contributed by atoms with Crippen molar-refractivity contribution in [3.8, 4) is 0 Å². The van der Waals surface area contributed by atoms with Gasteiger partial charge in [-0.25, -0.2) is 8.42 Å². The number of rotatable bonds is 7. The van der Waals surface area contributed by atoms with E-state index in [0.717, 1.165) is 30.2 Å². The summed E-state index contributed by atoms with van der Waals surface area (Å²) in [7, 11) is -3.83. The molecule has 0 saturated carbocycles. The van der Waals surface area contributed by atoms with Crippen molar-refractivity contribution < 1.29 is 13.5 Å². The van der Waals surface area contributed by atoms with E-state index in [0.29, 0.717) is 55.4 Å². The molecule has 6 rings (SSSR count). The van der Waals surface area contributed by atoms with Gasteiger partial charge in [-0.15, -0.1) is 0 Å². The molecule has 4 heterocycles. The zero-order chi connectivity index (χ0) is 28.6. The number of nitrogens with zero attached hydrogens (tertiary/aromatic N) is 6. The number of aliphatic hydroxyl groups is 1. The topological polar surface area (TPSA) is 204 Å². The number of nitrogens with one attached hydrogen (secondary N) is 3. The van der Waals surface area contributed by atoms with Crippen molar-refractivity contribution in [2.24, 2.45) is 11.5 Å². The normalized spacial score (nSPS) is 21.7. The number of H-pyrrole nitrogens is 1. The van der Waals surface area contributed by atoms with Gasteiger partial charge in [-0.1, -0.05) is 0 Å². The minimum Gasteiger partial charge on any atom is -0.391 e. The minimum atomic E-state index is -3.83. The number of nitrogens with two attached hydrogens (primary N) is 2. The lowest BCUT2D eigenvalue weighted by Crippen LogP contribution is -2.53. The molecular formula is C26H33N11O3S. The first-order chi connectivity index (χ1) is 19.7. The fraction of sp³-hybridized carbons (Fsp3) is 0.385. The van der Waals surface area contributed by atoms with Crippen molar-refractivity contribution in [3.63, 3.8) is 0 Å². The van der Waals surface area contributed by atoms with Crippen LogP contribution in [-0.2, 0) is 10.0 Å². The molecule has 2 aromatic carbocycles. The standard InChI is InChI=1S/C26H33N11O3S/c27-17-10-18(28)14-37(13-17)26-32-24(31-25(33-26)36-9-1-2-21(38)15-36)30-19-5-7-22(8-6-19)41(39,40)35-20-4-3-16-12-29-34-23(16)11-20/h3-8,11-12,17-18,21,35,38H,1-2,9-10,13-15,27-28H2,(H,29,34)(H,30,31,32,33)/t17-,18+,21?. The van der Waals surface area contributed by atoms with Crippen LogP contribution in [0.5, 0.6) is 0 Å². The monoisotopic (exact) mass is 579 g/mol. The molecule has 2 aliphatic heterocycles. The average molecular weight is 580 g/mol. The molecule has 8 N–H and O–H groups in total. The van der Waals surface area contributed by atoms with E-state index in [9.17, 15) is 13.5 Å². The van der Waals surface area contributed by atoms with Crippen LogP contribution in [0.3, 0.4) is 0 Å². The second-order valence-corrected chi connectivity index (χ2v) is 12.3. The van der Waals surface area contributed by atoms with Gasteiger partial charge in [0.25, 0.3) is 10.0 Å². The molecule has 2 saturated heterocycles. The number of aromatic nitrogens is 5. The fourth-order valence-electron chi connectivity index (χ4n) is 5.23. The van der Waals surface area contributed by atoms with E-state index < -0.39 is 16.1 Å². The minimum absolute atomic E-state index is 0.100. The molecule has 0 radical (unpaired) electrons. The summed E-state index contributed by atoms with van der Waals surface area (Å²) < 4.78 is 28.6. The van der Waals surface area contributed by atoms with Crippen LogP contribution >= 0.6 is 0 Å². The average Bonchev–Trinajstić information content (AvgIpc) is 3.40. The van der Waals surface area contributed by atoms with E-state index in [1.54, 1.807) is 36.5 Å². The zero-order valence-electron chi connectivity index (χ0n) is 22.3. The van der Waals surface area contributed by atoms with Crippen LogP contribution in [-0.4, -0.2) is 83.0 Å². The van der Waals surface area contributed by atoms with Gasteiger partial charge < -0.3 is 31.7 Å². The second kappa shape index (κ2) is 11.1. The molecule has 0 bridgehead atoms. The molecule has 15 heteroatoms. The highest BCUT2D eigenvalue weighted by Gasteiger charge is 2.27. The molecule has 2 aromatic heterocycles. The maximum Gasteiger partial charge on any atom is 0.261 e. The lowest BCUT2D eigenvalue weighted by molar-refractivity contribution is 0.153. The summed E-state index contributed by atoms with van der Waals surface area (Å²) in [4.78, 5) is 18.0. The first kappa shape index (κ1) is 27.1. The van der Waals surface area contributed by atoms with Crippen LogP contribution in [0.15, 0.2) is 53.6 Å². The second-order valence-electron chi connectivity index (χ2n) is 10.6. The lowest BCUT2D eigenvalue weighted by Gasteiger charge is -2.35. The predicted molar refractivity (Wildman–Crippen MR) is 157 cm³/mol. The maximum atomic E-state index is 13.0. The number of aromatic amines is 1. The van der Waals surface area contributed by atoms with Crippen LogP contribution in [0.4, 0.5) is 29.2 Å². The van der Waals surface area contributed by atoms with Gasteiger partial charge in [-0.2, -0.15) is 20.1 Å². The largest absolute Gasteiger partial charge is 0.391 e. The lowest BCUT2D eigenvalue weighted by atomic mass is 10.0. The van der Waals surface area contributed by atoms with Crippen LogP contribution in [0.1, 0.15) is 19.3 Å². The van der Waals surface area contributed by atoms with Gasteiger partial charge in [0.05, 0.1) is 28.4 Å². The SMILES string of the molecule is N[C@@H]1C[C@H](N)CN(c2nc(Nc3ccc(S(=O)(=O)Nc4ccc5cn[nH]c5c4)cc3)nc(N3CCCC(O)C3)n2)C1. The third kappa shape index (κ3) is 6.17. The molecule has 1 unspecified atom stereocenters. The van der Waals surface area contributed by atoms with Gasteiger partial charge in [0.2, 0.25) is 17.8 Å². The quantitative estimate of drug-likeness (QED) is 0.182. The van der Waals surface area contributed by atoms with E-state index in [1.165, 1.54) is 12.1 Å². The maximum absolute atomic E-state index is 13.0. The van der Waals surface area contributed by atoms with E-state index in [1.807, 2.05) is 9.80 Å². The Morgan fingerprint density at radius 3 is 2.37 bits per heavy atom. The molecule has 0 spiro atoms. The number of aliphatic hydroxyl groups excluding tert-OH is 1. The summed E-state index contributed by atoms with van der Waals surface area (Å²) in [5.41, 5.74) is 14.2. The molecule has 4 aromatic rings. The van der Waals surface area contributed by atoms with Gasteiger partial charge in [-0.05, 0) is 61.7 Å². The molecule has 14 nitrogen and oxygen atoms in total. The Labute approximate surface area is 237 Å². The first-order valence-corrected chi connectivity index (χ1v) is 15.0. The van der Waals surface area contributed by atoms with Gasteiger partial charge in [-0.3, -0.25) is 9.82 Å². The zero-order valence-corrected chi connectivity index (χ0v) is 23.1. The number of piperidine rings is 2. The number of benzene rings is 2. The Kier molecular flexibility index (Phi) is 7.33. The number of sulfonamides is 1. The molecule has 2 fully saturated rings. The fourth-order valence-corrected chi connectivity index (χ4v) is 6.28. The summed E-state index contributed by atoms with van der Waals surface area (Å²) in [6.45, 7) is 2.26. The van der Waals surface area contributed by atoms with Crippen molar-refractivity contribution in [3.05, 3.63) is 48.7 Å². The summed E-state index contributed by atoms with van der Waals surface area (Å²) in [6, 6.07) is 11.3. The number of fused-ring (bicyclic) bond motifs is 1. The van der Waals surface area contributed by atoms with E-state index >= 15 is 0 Å². The van der Waals surface area contributed by atoms with Crippen LogP contribution in [0.25, 0.3) is 10.9 Å². The molecule has 0 amide bonds. The number of hydrogen-bond acceptors (Lipinski definition) is 12. The molecule has 216 valence electrons. The number of anilines is 5. The van der Waals surface area contributed by atoms with E-state index in [-0.39, 0.29) is 17.0 Å². The highest BCUT2D eigenvalue weighted by atomic mass is 32.2. The van der Waals surface area contributed by atoms with Gasteiger partial charge in [0, 0.05) is 49.3 Å². The Bertz CT molecular complexity index is 1620. The Balaban J connectivity index is 1.23. The number of β-amino-alcohol motifs (C(OH)–C–C–N with tert-alkyl or cyclic N) is 1. The van der Waals surface area contributed by atoms with Crippen LogP contribution in [0, 0.1) is 0 Å². The van der Waals surface area contributed by atoms with Crippen molar-refractivity contribution in [2.45, 2.75) is 42.3 Å². The Morgan fingerprint density at radius 2 is 1.63 bits per heavy atom. The summed E-state index contributed by atoms with van der Waals surface area (Å²) in [5, 5.41) is 21.1. The predicted octanol–water partition coefficient (Wildman–Crippen LogP) is 1.12. The molecule has 3 atom stereocenters. The summed E-state index contributed by atoms with van der Waals surface area (Å²) in [5.74, 6) is 1.18. The van der Waals surface area contributed by atoms with E-state index in [2.05, 4.69) is 30.2 Å². The highest BCUT2D eigenvalue weighted by Crippen LogP contribution is 2.26. The van der Waals surface area contributed by atoms with Crippen molar-refractivity contribution in [2.75, 3.05) is 46.0 Å². The highest BCUT2D eigenvalue weighted by molar-refractivity contribution is 7.92. The van der Waals surface area contributed by atoms with Gasteiger partial charge >= 0.3 is 0 Å². The van der Waals surface area contributed by atoms with Crippen LogP contribution in [0.2, 0.25) is 0 Å². The molecule has 2 aliphatic rings. The summed E-state index contributed by atoms with van der Waals surface area (Å²) >= 11 is 0. The molecule has 41 heavy (non-hydrogen) atoms. The third-order valence-electron chi connectivity index (χ3n) is 7.20. The molecule has 0 aliphatic carbocycles. The van der Waals surface area contributed by atoms with E-state index in [4.69, 9.17) is 16.5 Å².